The van der Waals surface area contributed by atoms with E-state index in [9.17, 15) is 36.9 Å². The van der Waals surface area contributed by atoms with Crippen LogP contribution in [0.4, 0.5) is 9.59 Å². The van der Waals surface area contributed by atoms with Crippen LogP contribution < -0.4 is 35.5 Å². The summed E-state index contributed by atoms with van der Waals surface area (Å²) in [6.45, 7) is 14.5. The number of carbonyl (C=O) groups excluding carboxylic acids is 2. The van der Waals surface area contributed by atoms with E-state index in [0.717, 1.165) is 107 Å². The Morgan fingerprint density at radius 2 is 1.03 bits per heavy atom. The quantitative estimate of drug-likeness (QED) is 0.0411. The Hall–Kier alpha value is -5.88. The van der Waals surface area contributed by atoms with Crippen molar-refractivity contribution in [1.82, 2.24) is 55.4 Å². The first-order valence-corrected chi connectivity index (χ1v) is 37.0. The molecule has 27 heteroatoms. The van der Waals surface area contributed by atoms with Gasteiger partial charge >= 0.3 is 12.1 Å². The Kier molecular flexibility index (Phi) is 25.5. The van der Waals surface area contributed by atoms with Crippen molar-refractivity contribution in [1.29, 1.82) is 10.5 Å². The van der Waals surface area contributed by atoms with Crippen molar-refractivity contribution < 1.29 is 45.4 Å². The molecule has 6 atom stereocenters. The molecule has 5 N–H and O–H groups in total. The van der Waals surface area contributed by atoms with Gasteiger partial charge in [-0.2, -0.15) is 10.5 Å². The van der Waals surface area contributed by atoms with Gasteiger partial charge in [0.2, 0.25) is 10.0 Å². The van der Waals surface area contributed by atoms with Crippen molar-refractivity contribution in [3.05, 3.63) is 116 Å². The number of likely N-dealkylation sites (N-methyl/N-ethyl adjacent to an activating group) is 2. The van der Waals surface area contributed by atoms with E-state index in [1.54, 1.807) is 60.7 Å². The lowest BCUT2D eigenvalue weighted by molar-refractivity contribution is 0.0804. The number of rotatable bonds is 29. The average molecular weight is 1370 g/mol. The number of likely N-dealkylation sites (tertiary alicyclic amines) is 2. The Balaban J connectivity index is 0.528. The van der Waals surface area contributed by atoms with Crippen LogP contribution in [0.3, 0.4) is 0 Å². The van der Waals surface area contributed by atoms with Crippen LogP contribution in [0, 0.1) is 28.6 Å². The Labute approximate surface area is 564 Å². The van der Waals surface area contributed by atoms with Crippen LogP contribution in [0.25, 0.3) is 0 Å². The summed E-state index contributed by atoms with van der Waals surface area (Å²) in [7, 11) is -3.11. The largest absolute Gasteiger partial charge is 0.484 e. The van der Waals surface area contributed by atoms with E-state index in [4.69, 9.17) is 42.1 Å². The van der Waals surface area contributed by atoms with Gasteiger partial charge in [0.25, 0.3) is 0 Å². The number of hydrogen-bond acceptors (Lipinski definition) is 18. The van der Waals surface area contributed by atoms with Crippen LogP contribution in [0.15, 0.2) is 82.6 Å². The lowest BCUT2D eigenvalue weighted by Gasteiger charge is -2.32. The molecule has 4 amide bonds. The summed E-state index contributed by atoms with van der Waals surface area (Å²) in [6, 6.07) is 24.3. The predicted octanol–water partition coefficient (Wildman–Crippen LogP) is 5.66. The second-order valence-electron chi connectivity index (χ2n) is 25.7. The minimum absolute atomic E-state index is 0.00110. The number of carbonyl (C=O) groups is 2. The first kappa shape index (κ1) is 70.9. The van der Waals surface area contributed by atoms with E-state index in [-0.39, 0.29) is 63.9 Å². The van der Waals surface area contributed by atoms with E-state index in [2.05, 4.69) is 81.6 Å². The molecule has 10 rings (SSSR count). The van der Waals surface area contributed by atoms with Gasteiger partial charge in [-0.3, -0.25) is 14.7 Å². The Bertz CT molecular complexity index is 3300. The minimum Gasteiger partial charge on any atom is -0.484 e. The minimum atomic E-state index is -3.81. The third kappa shape index (κ3) is 19.4. The molecular weight excluding hydrogens is 1280 g/mol. The average Bonchev–Trinajstić information content (AvgIpc) is 1.62. The summed E-state index contributed by atoms with van der Waals surface area (Å²) in [5, 5.41) is 32.1. The molecule has 4 aromatic carbocycles. The van der Waals surface area contributed by atoms with Crippen molar-refractivity contribution in [3.8, 4) is 23.6 Å². The summed E-state index contributed by atoms with van der Waals surface area (Å²) in [6.07, 6.45) is 5.43. The number of sulfonamides is 1. The number of fused-ring (bicyclic) bond motifs is 2. The summed E-state index contributed by atoms with van der Waals surface area (Å²) in [5.41, 5.74) is 4.84. The molecule has 2 aliphatic carbocycles. The summed E-state index contributed by atoms with van der Waals surface area (Å²) in [4.78, 5) is 39.0. The van der Waals surface area contributed by atoms with Gasteiger partial charge < -0.3 is 54.9 Å². The number of halogens is 2. The highest BCUT2D eigenvalue weighted by atomic mass is 35.5. The first-order chi connectivity index (χ1) is 45.4. The van der Waals surface area contributed by atoms with E-state index in [1.165, 1.54) is 0 Å². The highest BCUT2D eigenvalue weighted by Crippen LogP contribution is 2.43. The van der Waals surface area contributed by atoms with Crippen LogP contribution in [0.1, 0.15) is 84.1 Å². The van der Waals surface area contributed by atoms with Crippen molar-refractivity contribution >= 4 is 55.1 Å². The summed E-state index contributed by atoms with van der Waals surface area (Å²) < 4.78 is 82.2. The van der Waals surface area contributed by atoms with Crippen LogP contribution in [-0.4, -0.2) is 241 Å². The molecule has 4 fully saturated rings. The molecule has 0 radical (unpaired) electrons. The fourth-order valence-corrected chi connectivity index (χ4v) is 17.2. The lowest BCUT2D eigenvalue weighted by atomic mass is 10.0. The normalized spacial score (nSPS) is 22.6. The zero-order valence-electron chi connectivity index (χ0n) is 54.0. The highest BCUT2D eigenvalue weighted by Gasteiger charge is 2.42. The van der Waals surface area contributed by atoms with Crippen LogP contribution >= 0.6 is 23.2 Å². The van der Waals surface area contributed by atoms with E-state index < -0.39 is 19.9 Å². The van der Waals surface area contributed by atoms with Crippen molar-refractivity contribution in [2.75, 3.05) is 164 Å². The number of ether oxygens (including phenoxy) is 4. The number of nitrogens with zero attached hydrogens (tertiary/aromatic N) is 8. The maximum Gasteiger partial charge on any atom is 0.314 e. The number of urea groups is 2. The molecule has 4 aromatic rings. The van der Waals surface area contributed by atoms with E-state index in [0.29, 0.717) is 144 Å². The third-order valence-electron chi connectivity index (χ3n) is 18.9. The van der Waals surface area contributed by atoms with Gasteiger partial charge in [0.1, 0.15) is 23.7 Å². The Morgan fingerprint density at radius 3 is 1.53 bits per heavy atom. The van der Waals surface area contributed by atoms with E-state index >= 15 is 0 Å². The first-order valence-electron chi connectivity index (χ1n) is 33.1. The molecule has 0 aromatic heterocycles. The van der Waals surface area contributed by atoms with Crippen LogP contribution in [0.2, 0.25) is 10.0 Å². The number of unbranched alkanes of at least 4 members (excludes halogenated alkanes) is 1. The number of sulfone groups is 1. The molecule has 6 aliphatic rings. The molecule has 4 aliphatic heterocycles. The summed E-state index contributed by atoms with van der Waals surface area (Å²) in [5.74, 6) is 1.13. The predicted molar refractivity (Wildman–Crippen MR) is 360 cm³/mol. The second kappa shape index (κ2) is 33.9. The van der Waals surface area contributed by atoms with Gasteiger partial charge in [-0.05, 0) is 206 Å². The topological polar surface area (TPSA) is 267 Å². The fraction of sp³-hybridized carbons (Fsp3) is 0.582. The molecule has 23 nitrogen and oxygen atoms in total. The van der Waals surface area contributed by atoms with Gasteiger partial charge in [-0.1, -0.05) is 23.2 Å². The zero-order valence-corrected chi connectivity index (χ0v) is 57.2. The number of amides is 4. The molecule has 0 saturated carbocycles. The summed E-state index contributed by atoms with van der Waals surface area (Å²) >= 11 is 13.0. The maximum absolute atomic E-state index is 13.7. The molecular formula is C67H91Cl2N13O10S2. The van der Waals surface area contributed by atoms with Gasteiger partial charge in [-0.15, -0.1) is 0 Å². The zero-order chi connectivity index (χ0) is 66.2. The van der Waals surface area contributed by atoms with Gasteiger partial charge in [0.05, 0.1) is 77.3 Å². The molecule has 4 heterocycles. The maximum atomic E-state index is 13.7. The molecule has 4 saturated heterocycles. The van der Waals surface area contributed by atoms with Crippen molar-refractivity contribution in [2.24, 2.45) is 5.92 Å². The Morgan fingerprint density at radius 1 is 0.564 bits per heavy atom. The number of nitriles is 2. The van der Waals surface area contributed by atoms with Crippen molar-refractivity contribution in [3.63, 3.8) is 0 Å². The smallest absolute Gasteiger partial charge is 0.314 e. The lowest BCUT2D eigenvalue weighted by Crippen LogP contribution is -2.42. The SMILES string of the molecule is CN1CCCN([C@H]2Cc3c(C#N)cc(Cl)cc3[C@@H]2Oc2ccc(S(=O)(=O)C[C@H]3CCN(CCOCCNC(=O)NCCCCNC(=O)NCCOCCN4CC[C@H](NS(=O)(=O)c5ccc(O[C@H]6c7cc(Cl)cc(C#N)c7C[C@@H]6N6CCCN(C)CC6)cc5)C4)C3)cc2)CC1. The monoisotopic (exact) mass is 1370 g/mol. The molecule has 94 heavy (non-hydrogen) atoms. The van der Waals surface area contributed by atoms with Crippen LogP contribution in [0.5, 0.6) is 11.5 Å². The standard InChI is InChI=1S/C67H91Cl2N13O10S2/c1-77-21-5-23-81(29-27-77)62-41-58-49(43-70)37-51(68)39-60(58)64(62)91-54-7-11-56(12-8-54)93(85,86)47-48-15-25-79(45-48)31-35-89-33-19-74-66(83)72-17-3-4-18-73-67(84)75-20-34-90-36-32-80-26-16-53(46-80)76-94(87,88)57-13-9-55(10-14-57)92-65-61-40-52(69)38-50(44-71)59(61)42-63(65)82-24-6-22-78(2)28-30-82/h7-14,37-40,48,53,62-65,76H,3-6,15-36,41-42,45-47H2,1-2H3,(H2,72,74,83)(H2,73,75,84)/t48-,53-,62-,63-,64-,65-/m0/s1. The van der Waals surface area contributed by atoms with Gasteiger partial charge in [0, 0.05) is 94.6 Å². The van der Waals surface area contributed by atoms with E-state index in [1.807, 2.05) is 12.1 Å². The van der Waals surface area contributed by atoms with Gasteiger partial charge in [0.15, 0.2) is 9.84 Å². The number of benzene rings is 4. The number of nitrogens with one attached hydrogen (secondary N) is 5. The van der Waals surface area contributed by atoms with Gasteiger partial charge in [-0.25, -0.2) is 31.1 Å². The highest BCUT2D eigenvalue weighted by molar-refractivity contribution is 7.91. The number of hydrogen-bond donors (Lipinski definition) is 5. The molecule has 510 valence electrons. The second-order valence-corrected chi connectivity index (χ2v) is 30.3. The fourth-order valence-electron chi connectivity index (χ4n) is 13.9. The third-order valence-corrected chi connectivity index (χ3v) is 22.8. The molecule has 0 spiro atoms. The molecule has 0 bridgehead atoms. The van der Waals surface area contributed by atoms with Crippen LogP contribution in [-0.2, 0) is 42.2 Å². The van der Waals surface area contributed by atoms with Crippen molar-refractivity contribution in [2.45, 2.75) is 91.5 Å². The molecule has 0 unspecified atom stereocenters.